The first-order valence-electron chi connectivity index (χ1n) is 7.78. The van der Waals surface area contributed by atoms with Gasteiger partial charge >= 0.3 is 0 Å². The first-order valence-corrected chi connectivity index (χ1v) is 7.78. The Morgan fingerprint density at radius 2 is 1.57 bits per heavy atom. The van der Waals surface area contributed by atoms with Crippen molar-refractivity contribution >= 4 is 5.82 Å². The number of anilines is 1. The van der Waals surface area contributed by atoms with Crippen LogP contribution in [0.1, 0.15) is 42.9 Å². The quantitative estimate of drug-likeness (QED) is 0.935. The number of nitrogens with zero attached hydrogens (tertiary/aromatic N) is 2. The highest BCUT2D eigenvalue weighted by atomic mass is 16.3. The molecule has 0 saturated carbocycles. The maximum absolute atomic E-state index is 10.4. The summed E-state index contributed by atoms with van der Waals surface area (Å²) in [7, 11) is 0. The highest BCUT2D eigenvalue weighted by Crippen LogP contribution is 2.23. The zero-order valence-corrected chi connectivity index (χ0v) is 12.3. The van der Waals surface area contributed by atoms with Crippen molar-refractivity contribution in [3.05, 3.63) is 59.8 Å². The van der Waals surface area contributed by atoms with Gasteiger partial charge in [0.15, 0.2) is 0 Å². The van der Waals surface area contributed by atoms with Crippen LogP contribution in [-0.4, -0.2) is 23.2 Å². The van der Waals surface area contributed by atoms with Crippen molar-refractivity contribution in [1.82, 2.24) is 4.98 Å². The Labute approximate surface area is 126 Å². The second-order valence-electron chi connectivity index (χ2n) is 5.66. The summed E-state index contributed by atoms with van der Waals surface area (Å²) in [6, 6.07) is 13.7. The normalized spacial score (nSPS) is 17.3. The van der Waals surface area contributed by atoms with E-state index < -0.39 is 6.10 Å². The topological polar surface area (TPSA) is 36.4 Å². The number of benzene rings is 1. The molecule has 0 amide bonds. The number of aliphatic hydroxyl groups excluding tert-OH is 1. The van der Waals surface area contributed by atoms with E-state index >= 15 is 0 Å². The molecule has 21 heavy (non-hydrogen) atoms. The van der Waals surface area contributed by atoms with Crippen LogP contribution in [0.25, 0.3) is 0 Å². The summed E-state index contributed by atoms with van der Waals surface area (Å²) in [6.07, 6.45) is 6.34. The van der Waals surface area contributed by atoms with Crippen molar-refractivity contribution in [2.75, 3.05) is 18.0 Å². The molecule has 3 nitrogen and oxygen atoms in total. The van der Waals surface area contributed by atoms with E-state index in [4.69, 9.17) is 0 Å². The van der Waals surface area contributed by atoms with Crippen LogP contribution < -0.4 is 4.90 Å². The zero-order valence-electron chi connectivity index (χ0n) is 12.3. The van der Waals surface area contributed by atoms with Crippen molar-refractivity contribution in [3.63, 3.8) is 0 Å². The summed E-state index contributed by atoms with van der Waals surface area (Å²) in [4.78, 5) is 6.91. The molecule has 1 N–H and O–H groups in total. The van der Waals surface area contributed by atoms with Crippen LogP contribution in [0.3, 0.4) is 0 Å². The third kappa shape index (κ3) is 3.42. The fraction of sp³-hybridized carbons (Fsp3) is 0.389. The number of hydrogen-bond donors (Lipinski definition) is 1. The Morgan fingerprint density at radius 1 is 0.857 bits per heavy atom. The van der Waals surface area contributed by atoms with Gasteiger partial charge in [-0.25, -0.2) is 4.98 Å². The number of hydrogen-bond acceptors (Lipinski definition) is 3. The van der Waals surface area contributed by atoms with E-state index in [-0.39, 0.29) is 0 Å². The van der Waals surface area contributed by atoms with Gasteiger partial charge in [0, 0.05) is 24.8 Å². The molecule has 0 radical (unpaired) electrons. The minimum atomic E-state index is -0.600. The molecule has 3 rings (SSSR count). The lowest BCUT2D eigenvalue weighted by molar-refractivity contribution is 0.220. The van der Waals surface area contributed by atoms with Gasteiger partial charge in [0.05, 0.1) is 0 Å². The smallest absolute Gasteiger partial charge is 0.128 e. The molecule has 1 fully saturated rings. The van der Waals surface area contributed by atoms with Gasteiger partial charge in [-0.15, -0.1) is 0 Å². The van der Waals surface area contributed by atoms with Crippen molar-refractivity contribution in [2.45, 2.75) is 31.8 Å². The van der Waals surface area contributed by atoms with Gasteiger partial charge in [-0.3, -0.25) is 0 Å². The molecule has 1 atom stereocenters. The zero-order chi connectivity index (χ0) is 14.5. The van der Waals surface area contributed by atoms with Crippen LogP contribution in [0.2, 0.25) is 0 Å². The number of rotatable bonds is 3. The predicted molar refractivity (Wildman–Crippen MR) is 85.4 cm³/mol. The van der Waals surface area contributed by atoms with Crippen LogP contribution >= 0.6 is 0 Å². The van der Waals surface area contributed by atoms with E-state index in [0.29, 0.717) is 0 Å². The summed E-state index contributed by atoms with van der Waals surface area (Å²) in [6.45, 7) is 2.18. The average Bonchev–Trinajstić information content (AvgIpc) is 2.84. The third-order valence-electron chi connectivity index (χ3n) is 4.13. The summed E-state index contributed by atoms with van der Waals surface area (Å²) in [5.74, 6) is 1.03. The molecule has 0 bridgehead atoms. The summed E-state index contributed by atoms with van der Waals surface area (Å²) >= 11 is 0. The minimum Gasteiger partial charge on any atom is -0.384 e. The Hall–Kier alpha value is -1.87. The van der Waals surface area contributed by atoms with Crippen LogP contribution in [0.5, 0.6) is 0 Å². The van der Waals surface area contributed by atoms with Crippen molar-refractivity contribution in [2.24, 2.45) is 0 Å². The van der Waals surface area contributed by atoms with E-state index in [1.807, 2.05) is 42.5 Å². The molecule has 0 spiro atoms. The maximum atomic E-state index is 10.4. The lowest BCUT2D eigenvalue weighted by atomic mass is 10.0. The Kier molecular flexibility index (Phi) is 4.51. The Morgan fingerprint density at radius 3 is 2.19 bits per heavy atom. The molecule has 0 unspecified atom stereocenters. The summed E-state index contributed by atoms with van der Waals surface area (Å²) in [5.41, 5.74) is 1.75. The first-order chi connectivity index (χ1) is 10.3. The number of aliphatic hydroxyl groups is 1. The standard InChI is InChI=1S/C18H22N2O/c21-18(15-8-4-3-5-9-15)16-10-11-17(19-14-16)20-12-6-1-2-7-13-20/h3-5,8-11,14,18,21H,1-2,6-7,12-13H2/t18-/m0/s1. The van der Waals surface area contributed by atoms with Crippen molar-refractivity contribution in [1.29, 1.82) is 0 Å². The summed E-state index contributed by atoms with van der Waals surface area (Å²) < 4.78 is 0. The second-order valence-corrected chi connectivity index (χ2v) is 5.66. The van der Waals surface area contributed by atoms with Gasteiger partial charge in [0.1, 0.15) is 11.9 Å². The lowest BCUT2D eigenvalue weighted by Gasteiger charge is -2.22. The number of aromatic nitrogens is 1. The first kappa shape index (κ1) is 14.1. The Balaban J connectivity index is 1.74. The fourth-order valence-electron chi connectivity index (χ4n) is 2.87. The molecule has 1 saturated heterocycles. The van der Waals surface area contributed by atoms with Crippen LogP contribution in [0, 0.1) is 0 Å². The van der Waals surface area contributed by atoms with E-state index in [2.05, 4.69) is 9.88 Å². The molecule has 110 valence electrons. The SMILES string of the molecule is O[C@@H](c1ccccc1)c1ccc(N2CCCCCC2)nc1. The third-order valence-corrected chi connectivity index (χ3v) is 4.13. The van der Waals surface area contributed by atoms with E-state index in [1.54, 1.807) is 6.20 Å². The van der Waals surface area contributed by atoms with Crippen molar-refractivity contribution < 1.29 is 5.11 Å². The molecule has 1 aromatic heterocycles. The monoisotopic (exact) mass is 282 g/mol. The minimum absolute atomic E-state index is 0.600. The van der Waals surface area contributed by atoms with Gasteiger partial charge < -0.3 is 10.0 Å². The molecule has 1 aliphatic heterocycles. The van der Waals surface area contributed by atoms with Gasteiger partial charge in [0.25, 0.3) is 0 Å². The lowest BCUT2D eigenvalue weighted by Crippen LogP contribution is -2.24. The maximum Gasteiger partial charge on any atom is 0.128 e. The van der Waals surface area contributed by atoms with E-state index in [0.717, 1.165) is 30.0 Å². The van der Waals surface area contributed by atoms with E-state index in [9.17, 15) is 5.11 Å². The molecule has 0 aliphatic carbocycles. The fourth-order valence-corrected chi connectivity index (χ4v) is 2.87. The van der Waals surface area contributed by atoms with Gasteiger partial charge in [-0.1, -0.05) is 49.2 Å². The van der Waals surface area contributed by atoms with Crippen LogP contribution in [-0.2, 0) is 0 Å². The molecule has 3 heteroatoms. The van der Waals surface area contributed by atoms with Gasteiger partial charge in [-0.2, -0.15) is 0 Å². The van der Waals surface area contributed by atoms with Gasteiger partial charge in [-0.05, 0) is 24.5 Å². The molecule has 2 heterocycles. The highest BCUT2D eigenvalue weighted by Gasteiger charge is 2.13. The largest absolute Gasteiger partial charge is 0.384 e. The molecule has 1 aliphatic rings. The Bertz CT molecular complexity index is 545. The highest BCUT2D eigenvalue weighted by molar-refractivity contribution is 5.41. The summed E-state index contributed by atoms with van der Waals surface area (Å²) in [5, 5.41) is 10.4. The van der Waals surface area contributed by atoms with Crippen molar-refractivity contribution in [3.8, 4) is 0 Å². The second kappa shape index (κ2) is 6.72. The predicted octanol–water partition coefficient (Wildman–Crippen LogP) is 3.54. The average molecular weight is 282 g/mol. The van der Waals surface area contributed by atoms with Crippen LogP contribution in [0.4, 0.5) is 5.82 Å². The van der Waals surface area contributed by atoms with Gasteiger partial charge in [0.2, 0.25) is 0 Å². The molecule has 1 aromatic carbocycles. The molecular formula is C18H22N2O. The molecular weight excluding hydrogens is 260 g/mol. The molecule has 2 aromatic rings. The number of pyridine rings is 1. The van der Waals surface area contributed by atoms with E-state index in [1.165, 1.54) is 25.7 Å². The van der Waals surface area contributed by atoms with Crippen LogP contribution in [0.15, 0.2) is 48.7 Å².